The number of nitrogens with one attached hydrogen (secondary N) is 2. The van der Waals surface area contributed by atoms with Gasteiger partial charge in [0, 0.05) is 30.9 Å². The molecule has 0 radical (unpaired) electrons. The minimum Gasteiger partial charge on any atom is -0.367 e. The Bertz CT molecular complexity index is 701. The zero-order valence-electron chi connectivity index (χ0n) is 12.1. The van der Waals surface area contributed by atoms with Crippen LogP contribution in [0.2, 0.25) is 0 Å². The third-order valence-corrected chi connectivity index (χ3v) is 3.85. The average molecular weight is 306 g/mol. The van der Waals surface area contributed by atoms with Crippen molar-refractivity contribution in [3.8, 4) is 0 Å². The fourth-order valence-electron chi connectivity index (χ4n) is 2.68. The first-order valence-corrected chi connectivity index (χ1v) is 7.05. The molecule has 3 rings (SSSR count). The van der Waals surface area contributed by atoms with Gasteiger partial charge in [0.2, 0.25) is 0 Å². The van der Waals surface area contributed by atoms with Gasteiger partial charge in [-0.1, -0.05) is 0 Å². The number of aromatic nitrogens is 2. The number of halogens is 2. The normalized spacial score (nSPS) is 17.8. The average Bonchev–Trinajstić information content (AvgIpc) is 3.08. The standard InChI is InChI=1S/C15H16F2N4O/c1-9-12(7-18-20-9)15(22)19-11-4-5-21(8-11)14-3-2-10(16)6-13(14)17/h2-3,6-7,11H,4-5,8H2,1H3,(H,18,20)(H,19,22)/t11-/m0/s1. The highest BCUT2D eigenvalue weighted by atomic mass is 19.1. The predicted octanol–water partition coefficient (Wildman–Crippen LogP) is 2.01. The second kappa shape index (κ2) is 5.75. The van der Waals surface area contributed by atoms with Gasteiger partial charge < -0.3 is 10.2 Å². The van der Waals surface area contributed by atoms with Gasteiger partial charge in [-0.05, 0) is 25.5 Å². The number of aryl methyl sites for hydroxylation is 1. The van der Waals surface area contributed by atoms with Crippen LogP contribution in [0.25, 0.3) is 0 Å². The number of nitrogens with zero attached hydrogens (tertiary/aromatic N) is 2. The molecule has 1 amide bonds. The Morgan fingerprint density at radius 1 is 1.45 bits per heavy atom. The Hall–Kier alpha value is -2.44. The summed E-state index contributed by atoms with van der Waals surface area (Å²) in [6.45, 7) is 2.87. The molecule has 2 aromatic rings. The lowest BCUT2D eigenvalue weighted by atomic mass is 10.2. The monoisotopic (exact) mass is 306 g/mol. The number of rotatable bonds is 3. The molecule has 0 unspecified atom stereocenters. The number of carbonyl (C=O) groups is 1. The van der Waals surface area contributed by atoms with Gasteiger partial charge in [-0.3, -0.25) is 9.89 Å². The van der Waals surface area contributed by atoms with E-state index in [1.54, 1.807) is 6.92 Å². The molecule has 116 valence electrons. The number of anilines is 1. The molecular formula is C15H16F2N4O. The van der Waals surface area contributed by atoms with Gasteiger partial charge in [0.1, 0.15) is 11.6 Å². The van der Waals surface area contributed by atoms with E-state index in [0.717, 1.165) is 6.07 Å². The topological polar surface area (TPSA) is 61.0 Å². The van der Waals surface area contributed by atoms with E-state index < -0.39 is 11.6 Å². The van der Waals surface area contributed by atoms with E-state index in [1.165, 1.54) is 18.3 Å². The highest BCUT2D eigenvalue weighted by Gasteiger charge is 2.26. The molecule has 1 atom stereocenters. The van der Waals surface area contributed by atoms with Crippen LogP contribution in [0.3, 0.4) is 0 Å². The largest absolute Gasteiger partial charge is 0.367 e. The lowest BCUT2D eigenvalue weighted by molar-refractivity contribution is 0.0940. The molecule has 0 spiro atoms. The maximum Gasteiger partial charge on any atom is 0.255 e. The first-order chi connectivity index (χ1) is 10.5. The highest BCUT2D eigenvalue weighted by Crippen LogP contribution is 2.24. The lowest BCUT2D eigenvalue weighted by Crippen LogP contribution is -2.37. The van der Waals surface area contributed by atoms with Crippen LogP contribution in [0.5, 0.6) is 0 Å². The van der Waals surface area contributed by atoms with Crippen molar-refractivity contribution in [3.63, 3.8) is 0 Å². The van der Waals surface area contributed by atoms with Gasteiger partial charge in [0.25, 0.3) is 5.91 Å². The Balaban J connectivity index is 1.65. The third kappa shape index (κ3) is 2.79. The number of hydrogen-bond donors (Lipinski definition) is 2. The van der Waals surface area contributed by atoms with E-state index in [4.69, 9.17) is 0 Å². The summed E-state index contributed by atoms with van der Waals surface area (Å²) >= 11 is 0. The van der Waals surface area contributed by atoms with Crippen molar-refractivity contribution in [3.05, 3.63) is 47.3 Å². The fourth-order valence-corrected chi connectivity index (χ4v) is 2.68. The van der Waals surface area contributed by atoms with Crippen LogP contribution in [0.1, 0.15) is 22.5 Å². The van der Waals surface area contributed by atoms with Crippen LogP contribution in [-0.4, -0.2) is 35.2 Å². The molecular weight excluding hydrogens is 290 g/mol. The molecule has 5 nitrogen and oxygen atoms in total. The zero-order chi connectivity index (χ0) is 15.7. The SMILES string of the molecule is Cc1[nH]ncc1C(=O)N[C@H]1CCN(c2ccc(F)cc2F)C1. The molecule has 22 heavy (non-hydrogen) atoms. The van der Waals surface area contributed by atoms with E-state index in [9.17, 15) is 13.6 Å². The van der Waals surface area contributed by atoms with Crippen molar-refractivity contribution in [1.29, 1.82) is 0 Å². The summed E-state index contributed by atoms with van der Waals surface area (Å²) in [7, 11) is 0. The van der Waals surface area contributed by atoms with Crippen LogP contribution in [0, 0.1) is 18.6 Å². The van der Waals surface area contributed by atoms with Crippen molar-refractivity contribution in [2.24, 2.45) is 0 Å². The first-order valence-electron chi connectivity index (χ1n) is 7.05. The van der Waals surface area contributed by atoms with Gasteiger partial charge in [-0.2, -0.15) is 5.10 Å². The smallest absolute Gasteiger partial charge is 0.255 e. The van der Waals surface area contributed by atoms with Crippen LogP contribution in [-0.2, 0) is 0 Å². The van der Waals surface area contributed by atoms with Crippen molar-refractivity contribution in [2.75, 3.05) is 18.0 Å². The number of hydrogen-bond acceptors (Lipinski definition) is 3. The zero-order valence-corrected chi connectivity index (χ0v) is 12.1. The van der Waals surface area contributed by atoms with E-state index in [1.807, 2.05) is 4.90 Å². The molecule has 1 aliphatic heterocycles. The van der Waals surface area contributed by atoms with Crippen LogP contribution >= 0.6 is 0 Å². The van der Waals surface area contributed by atoms with Crippen LogP contribution in [0.15, 0.2) is 24.4 Å². The number of H-pyrrole nitrogens is 1. The van der Waals surface area contributed by atoms with Gasteiger partial charge in [-0.15, -0.1) is 0 Å². The molecule has 1 fully saturated rings. The van der Waals surface area contributed by atoms with Crippen LogP contribution in [0.4, 0.5) is 14.5 Å². The molecule has 1 saturated heterocycles. The Kier molecular flexibility index (Phi) is 3.79. The molecule has 2 heterocycles. The van der Waals surface area contributed by atoms with Crippen molar-refractivity contribution >= 4 is 11.6 Å². The lowest BCUT2D eigenvalue weighted by Gasteiger charge is -2.19. The Morgan fingerprint density at radius 2 is 2.27 bits per heavy atom. The van der Waals surface area contributed by atoms with Gasteiger partial charge in [0.15, 0.2) is 0 Å². The summed E-state index contributed by atoms with van der Waals surface area (Å²) in [5.74, 6) is -1.38. The molecule has 0 aliphatic carbocycles. The summed E-state index contributed by atoms with van der Waals surface area (Å²) in [5, 5.41) is 9.45. The molecule has 1 aromatic carbocycles. The second-order valence-corrected chi connectivity index (χ2v) is 5.41. The van der Waals surface area contributed by atoms with Crippen molar-refractivity contribution in [2.45, 2.75) is 19.4 Å². The predicted molar refractivity (Wildman–Crippen MR) is 77.8 cm³/mol. The molecule has 0 bridgehead atoms. The molecule has 0 saturated carbocycles. The maximum atomic E-state index is 13.8. The van der Waals surface area contributed by atoms with Gasteiger partial charge in [0.05, 0.1) is 17.4 Å². The molecule has 1 aromatic heterocycles. The van der Waals surface area contributed by atoms with E-state index >= 15 is 0 Å². The summed E-state index contributed by atoms with van der Waals surface area (Å²) in [6.07, 6.45) is 2.19. The number of amides is 1. The molecule has 2 N–H and O–H groups in total. The van der Waals surface area contributed by atoms with E-state index in [-0.39, 0.29) is 11.9 Å². The maximum absolute atomic E-state index is 13.8. The number of benzene rings is 1. The minimum atomic E-state index is -0.597. The van der Waals surface area contributed by atoms with E-state index in [0.29, 0.717) is 36.5 Å². The van der Waals surface area contributed by atoms with Crippen molar-refractivity contribution < 1.29 is 13.6 Å². The molecule has 1 aliphatic rings. The first kappa shape index (κ1) is 14.5. The van der Waals surface area contributed by atoms with Crippen molar-refractivity contribution in [1.82, 2.24) is 15.5 Å². The number of aromatic amines is 1. The highest BCUT2D eigenvalue weighted by molar-refractivity contribution is 5.95. The summed E-state index contributed by atoms with van der Waals surface area (Å²) in [4.78, 5) is 13.9. The number of carbonyl (C=O) groups excluding carboxylic acids is 1. The minimum absolute atomic E-state index is 0.0775. The van der Waals surface area contributed by atoms with Crippen LogP contribution < -0.4 is 10.2 Å². The Morgan fingerprint density at radius 3 is 2.95 bits per heavy atom. The summed E-state index contributed by atoms with van der Waals surface area (Å²) in [5.41, 5.74) is 1.57. The van der Waals surface area contributed by atoms with Gasteiger partial charge >= 0.3 is 0 Å². The fraction of sp³-hybridized carbons (Fsp3) is 0.333. The summed E-state index contributed by atoms with van der Waals surface area (Å²) < 4.78 is 26.7. The quantitative estimate of drug-likeness (QED) is 0.912. The van der Waals surface area contributed by atoms with E-state index in [2.05, 4.69) is 15.5 Å². The molecule has 7 heteroatoms. The van der Waals surface area contributed by atoms with Gasteiger partial charge in [-0.25, -0.2) is 8.78 Å². The third-order valence-electron chi connectivity index (χ3n) is 3.85. The second-order valence-electron chi connectivity index (χ2n) is 5.41. The Labute approximate surface area is 126 Å². The summed E-state index contributed by atoms with van der Waals surface area (Å²) in [6, 6.07) is 3.45.